The summed E-state index contributed by atoms with van der Waals surface area (Å²) in [4.78, 5) is 0. The van der Waals surface area contributed by atoms with Crippen molar-refractivity contribution < 1.29 is 0 Å². The zero-order valence-corrected chi connectivity index (χ0v) is 13.5. The average molecular weight is 291 g/mol. The molecule has 0 amide bonds. The molecule has 0 aliphatic rings. The first-order valence-electron chi connectivity index (χ1n) is 7.46. The third kappa shape index (κ3) is 3.55. The van der Waals surface area contributed by atoms with Crippen LogP contribution in [-0.4, -0.2) is 34.4 Å². The van der Waals surface area contributed by atoms with Gasteiger partial charge < -0.3 is 5.32 Å². The van der Waals surface area contributed by atoms with E-state index in [0.717, 1.165) is 19.5 Å². The number of thioether (sulfide) groups is 1. The smallest absolute Gasteiger partial charge is 0.0718 e. The van der Waals surface area contributed by atoms with Crippen LogP contribution in [-0.2, 0) is 13.0 Å². The number of hydrogen-bond acceptors (Lipinski definition) is 3. The molecule has 1 aromatic heterocycles. The lowest BCUT2D eigenvalue weighted by Gasteiger charge is -2.16. The summed E-state index contributed by atoms with van der Waals surface area (Å²) in [6.07, 6.45) is 4.38. The minimum atomic E-state index is 0.524. The fourth-order valence-corrected chi connectivity index (χ4v) is 3.17. The number of likely N-dealkylation sites (N-methyl/N-ethyl adjacent to an activating group) is 1. The zero-order chi connectivity index (χ0) is 14.4. The van der Waals surface area contributed by atoms with Gasteiger partial charge in [0.2, 0.25) is 0 Å². The molecule has 1 unspecified atom stereocenters. The molecular formula is C16H25N3S. The summed E-state index contributed by atoms with van der Waals surface area (Å²) in [5, 5.41) is 9.71. The van der Waals surface area contributed by atoms with Crippen molar-refractivity contribution in [1.29, 1.82) is 0 Å². The van der Waals surface area contributed by atoms with Gasteiger partial charge in [0.25, 0.3) is 0 Å². The molecule has 0 saturated heterocycles. The number of benzene rings is 1. The van der Waals surface area contributed by atoms with E-state index in [1.807, 2.05) is 11.8 Å². The van der Waals surface area contributed by atoms with Crippen LogP contribution in [0, 0.1) is 0 Å². The minimum Gasteiger partial charge on any atom is -0.314 e. The molecule has 0 saturated carbocycles. The first-order chi connectivity index (χ1) is 9.80. The average Bonchev–Trinajstić information content (AvgIpc) is 2.83. The second-order valence-electron chi connectivity index (χ2n) is 5.02. The van der Waals surface area contributed by atoms with Gasteiger partial charge in [-0.3, -0.25) is 4.68 Å². The van der Waals surface area contributed by atoms with Crippen LogP contribution in [0.1, 0.15) is 26.0 Å². The van der Waals surface area contributed by atoms with E-state index in [1.54, 1.807) is 0 Å². The number of aryl methyl sites for hydroxylation is 1. The molecule has 20 heavy (non-hydrogen) atoms. The molecule has 110 valence electrons. The molecule has 0 spiro atoms. The number of nitrogens with one attached hydrogen (secondary N) is 1. The molecule has 0 radical (unpaired) electrons. The Labute approximate surface area is 126 Å². The van der Waals surface area contributed by atoms with Gasteiger partial charge in [-0.05, 0) is 38.0 Å². The molecule has 0 fully saturated rings. The van der Waals surface area contributed by atoms with Crippen LogP contribution in [0.4, 0.5) is 0 Å². The molecule has 2 rings (SSSR count). The summed E-state index contributed by atoms with van der Waals surface area (Å²) < 4.78 is 2.11. The quantitative estimate of drug-likeness (QED) is 0.809. The molecule has 0 bridgehead atoms. The Kier molecular flexibility index (Phi) is 5.92. The van der Waals surface area contributed by atoms with Crippen molar-refractivity contribution in [2.24, 2.45) is 0 Å². The first kappa shape index (κ1) is 15.4. The van der Waals surface area contributed by atoms with Gasteiger partial charge in [-0.1, -0.05) is 25.1 Å². The van der Waals surface area contributed by atoms with Gasteiger partial charge in [0, 0.05) is 24.4 Å². The normalized spacial score (nSPS) is 12.9. The first-order valence-corrected chi connectivity index (χ1v) is 8.86. The Morgan fingerprint density at radius 3 is 2.80 bits per heavy atom. The highest BCUT2D eigenvalue weighted by Crippen LogP contribution is 2.20. The Balaban J connectivity index is 2.22. The molecule has 1 N–H and O–H groups in total. The number of rotatable bonds is 8. The van der Waals surface area contributed by atoms with E-state index in [-0.39, 0.29) is 0 Å². The van der Waals surface area contributed by atoms with Crippen molar-refractivity contribution in [3.63, 3.8) is 0 Å². The number of aromatic nitrogens is 2. The molecular weight excluding hydrogens is 266 g/mol. The second kappa shape index (κ2) is 7.70. The summed E-state index contributed by atoms with van der Waals surface area (Å²) >= 11 is 1.91. The van der Waals surface area contributed by atoms with Crippen molar-refractivity contribution in [2.45, 2.75) is 39.3 Å². The van der Waals surface area contributed by atoms with Crippen LogP contribution in [0.5, 0.6) is 0 Å². The van der Waals surface area contributed by atoms with Gasteiger partial charge in [-0.2, -0.15) is 16.9 Å². The number of para-hydroxylation sites is 1. The minimum absolute atomic E-state index is 0.524. The molecule has 0 aliphatic heterocycles. The highest BCUT2D eigenvalue weighted by molar-refractivity contribution is 7.98. The fourth-order valence-electron chi connectivity index (χ4n) is 2.65. The molecule has 1 atom stereocenters. The van der Waals surface area contributed by atoms with Crippen LogP contribution < -0.4 is 5.32 Å². The maximum atomic E-state index is 4.81. The largest absolute Gasteiger partial charge is 0.314 e. The molecule has 0 aliphatic carbocycles. The summed E-state index contributed by atoms with van der Waals surface area (Å²) in [5.41, 5.74) is 2.49. The van der Waals surface area contributed by atoms with Crippen molar-refractivity contribution in [2.75, 3.05) is 18.6 Å². The monoisotopic (exact) mass is 291 g/mol. The predicted molar refractivity (Wildman–Crippen MR) is 89.6 cm³/mol. The molecule has 2 aromatic rings. The standard InChI is InChI=1S/C16H25N3S/c1-4-17-13(10-11-20-3)12-15-14-8-6-7-9-16(14)19(5-2)18-15/h6-9,13,17H,4-5,10-12H2,1-3H3. The van der Waals surface area contributed by atoms with E-state index in [2.05, 4.69) is 54.4 Å². The van der Waals surface area contributed by atoms with Gasteiger partial charge in [0.05, 0.1) is 11.2 Å². The fraction of sp³-hybridized carbons (Fsp3) is 0.562. The Bertz CT molecular complexity index is 536. The molecule has 1 aromatic carbocycles. The van der Waals surface area contributed by atoms with Crippen molar-refractivity contribution in [3.05, 3.63) is 30.0 Å². The number of nitrogens with zero attached hydrogens (tertiary/aromatic N) is 2. The van der Waals surface area contributed by atoms with E-state index < -0.39 is 0 Å². The second-order valence-corrected chi connectivity index (χ2v) is 6.01. The topological polar surface area (TPSA) is 29.9 Å². The summed E-state index contributed by atoms with van der Waals surface area (Å²) in [5.74, 6) is 1.20. The maximum absolute atomic E-state index is 4.81. The van der Waals surface area contributed by atoms with E-state index in [1.165, 1.54) is 28.8 Å². The zero-order valence-electron chi connectivity index (χ0n) is 12.7. The lowest BCUT2D eigenvalue weighted by Crippen LogP contribution is -2.31. The third-order valence-electron chi connectivity index (χ3n) is 3.64. The number of fused-ring (bicyclic) bond motifs is 1. The van der Waals surface area contributed by atoms with Crippen LogP contribution in [0.3, 0.4) is 0 Å². The van der Waals surface area contributed by atoms with Crippen LogP contribution >= 0.6 is 11.8 Å². The lowest BCUT2D eigenvalue weighted by atomic mass is 10.1. The van der Waals surface area contributed by atoms with Gasteiger partial charge in [-0.25, -0.2) is 0 Å². The van der Waals surface area contributed by atoms with E-state index in [4.69, 9.17) is 5.10 Å². The lowest BCUT2D eigenvalue weighted by molar-refractivity contribution is 0.505. The van der Waals surface area contributed by atoms with Gasteiger partial charge in [0.15, 0.2) is 0 Å². The summed E-state index contributed by atoms with van der Waals surface area (Å²) in [6.45, 7) is 6.27. The van der Waals surface area contributed by atoms with Crippen LogP contribution in [0.15, 0.2) is 24.3 Å². The third-order valence-corrected chi connectivity index (χ3v) is 4.28. The number of hydrogen-bond donors (Lipinski definition) is 1. The highest BCUT2D eigenvalue weighted by atomic mass is 32.2. The Hall–Kier alpha value is -1.00. The molecule has 1 heterocycles. The van der Waals surface area contributed by atoms with Gasteiger partial charge in [-0.15, -0.1) is 0 Å². The van der Waals surface area contributed by atoms with Crippen LogP contribution in [0.25, 0.3) is 10.9 Å². The van der Waals surface area contributed by atoms with E-state index in [9.17, 15) is 0 Å². The Morgan fingerprint density at radius 2 is 2.10 bits per heavy atom. The SMILES string of the molecule is CCNC(CCSC)Cc1nn(CC)c2ccccc12. The van der Waals surface area contributed by atoms with Crippen molar-refractivity contribution >= 4 is 22.7 Å². The molecule has 3 nitrogen and oxygen atoms in total. The van der Waals surface area contributed by atoms with E-state index in [0.29, 0.717) is 6.04 Å². The van der Waals surface area contributed by atoms with Crippen molar-refractivity contribution in [1.82, 2.24) is 15.1 Å². The Morgan fingerprint density at radius 1 is 1.30 bits per heavy atom. The van der Waals surface area contributed by atoms with Gasteiger partial charge in [0.1, 0.15) is 0 Å². The van der Waals surface area contributed by atoms with Crippen molar-refractivity contribution in [3.8, 4) is 0 Å². The highest BCUT2D eigenvalue weighted by Gasteiger charge is 2.14. The maximum Gasteiger partial charge on any atom is 0.0718 e. The van der Waals surface area contributed by atoms with Gasteiger partial charge >= 0.3 is 0 Å². The van der Waals surface area contributed by atoms with Crippen LogP contribution in [0.2, 0.25) is 0 Å². The van der Waals surface area contributed by atoms with E-state index >= 15 is 0 Å². The summed E-state index contributed by atoms with van der Waals surface area (Å²) in [6, 6.07) is 9.09. The predicted octanol–water partition coefficient (Wildman–Crippen LogP) is 3.33. The summed E-state index contributed by atoms with van der Waals surface area (Å²) in [7, 11) is 0. The molecule has 4 heteroatoms.